The van der Waals surface area contributed by atoms with E-state index in [1.165, 1.54) is 185 Å². The van der Waals surface area contributed by atoms with Gasteiger partial charge in [0.15, 0.2) is 23.3 Å². The Morgan fingerprint density at radius 3 is 1.14 bits per heavy atom. The predicted molar refractivity (Wildman–Crippen MR) is 555 cm³/mol. The van der Waals surface area contributed by atoms with Gasteiger partial charge in [0.1, 0.15) is 0 Å². The van der Waals surface area contributed by atoms with Gasteiger partial charge in [-0.05, 0) is 215 Å². The second-order valence-electron chi connectivity index (χ2n) is 37.2. The third-order valence-corrected chi connectivity index (χ3v) is 33.5. The van der Waals surface area contributed by atoms with Gasteiger partial charge in [0.05, 0.1) is 33.0 Å². The van der Waals surface area contributed by atoms with E-state index in [4.69, 9.17) is 24.9 Å². The minimum Gasteiger partial charge on any atom is -0.228 e. The van der Waals surface area contributed by atoms with Crippen molar-refractivity contribution in [3.8, 4) is 124 Å². The number of thiophene rings is 2. The molecule has 4 heterocycles. The molecule has 6 aliphatic rings. The second kappa shape index (κ2) is 27.8. The Morgan fingerprint density at radius 2 is 0.563 bits per heavy atom. The quantitative estimate of drug-likeness (QED) is 0.159. The summed E-state index contributed by atoms with van der Waals surface area (Å²) in [5.74, 6) is 2.49. The highest BCUT2D eigenvalue weighted by Gasteiger charge is 2.62. The molecule has 4 aromatic heterocycles. The molecule has 6 aliphatic carbocycles. The van der Waals surface area contributed by atoms with Crippen molar-refractivity contribution in [1.29, 1.82) is 0 Å². The SMILES string of the molecule is Cc1cccc2c1-c1ccccc1C21c2ccccc2C2(c3ccc(-c4nc(-c5ccc(-c6ccc7sc8c9c(ccc8c7c6)-c6cc(-c7nc(-c8ccccc8)cc(-c8cccc%10ccccc8%10)n7)ccc6C96c7ccccc7C7(c8ccccc8-c8ccccc87)c7ccccc76)cc5)nc(-c5cccc6ccccc56)n4)cc3-c3ccc4c(sc5ccccc54)c32)c2ccccc21. The summed E-state index contributed by atoms with van der Waals surface area (Å²) in [6.45, 7) is 2.29. The standard InChI is InChI=1S/C128H75N5S2/c1-74-28-25-54-111-116(74)94-40-11-15-45-100(94)126(111)105-48-18-22-52-109(105)128(110-53-23-19-49-106(110)126)102-68-61-82(72-96(102)89-63-65-91-88-39-12-24-55-114(88)134-119(91)117(89)128)123-131-121(132-124(133-123)93-42-27-34-77-30-6-8-36-84(77)93)79-58-56-75(57-59-79)80-62-69-115-97(70-80)92-66-64-90-95-71-81(122-129-112(78-31-3-2-4-32-78)73-113(130-122)87-41-26-33-76-29-5-7-35-83(76)87)60-67-101(95)127(118(90)120(92)135-115)107-50-20-16-46-103(107)125(104-47-17-21-51-108(104)127)98-43-13-9-37-85(98)86-38-10-14-44-99(86)125/h2-73H,1H3. The summed E-state index contributed by atoms with van der Waals surface area (Å²) in [5, 5.41) is 9.49. The van der Waals surface area contributed by atoms with Gasteiger partial charge in [-0.1, -0.05) is 400 Å². The number of aromatic nitrogens is 5. The Hall–Kier alpha value is -16.6. The first kappa shape index (κ1) is 75.2. The third-order valence-electron chi connectivity index (χ3n) is 31.1. The Kier molecular flexibility index (Phi) is 15.5. The zero-order valence-electron chi connectivity index (χ0n) is 73.1. The lowest BCUT2D eigenvalue weighted by molar-refractivity contribution is 0.636. The maximum Gasteiger partial charge on any atom is 0.164 e. The molecule has 0 fully saturated rings. The summed E-state index contributed by atoms with van der Waals surface area (Å²) < 4.78 is 5.07. The largest absolute Gasteiger partial charge is 0.228 e. The molecule has 0 atom stereocenters. The fourth-order valence-corrected chi connectivity index (χ4v) is 28.4. The van der Waals surface area contributed by atoms with E-state index in [2.05, 4.69) is 444 Å². The number of benzene rings is 20. The van der Waals surface area contributed by atoms with Crippen molar-refractivity contribution < 1.29 is 0 Å². The number of hydrogen-bond donors (Lipinski definition) is 0. The number of fused-ring (bicyclic) bond motifs is 42. The third kappa shape index (κ3) is 9.86. The van der Waals surface area contributed by atoms with Gasteiger partial charge in [-0.25, -0.2) is 24.9 Å². The average molecular weight is 1750 g/mol. The highest BCUT2D eigenvalue weighted by Crippen LogP contribution is 2.72. The number of hydrogen-bond acceptors (Lipinski definition) is 7. The molecule has 0 saturated heterocycles. The second-order valence-corrected chi connectivity index (χ2v) is 39.3. The molecule has 24 aromatic rings. The van der Waals surface area contributed by atoms with E-state index in [0.717, 1.165) is 72.1 Å². The molecular weight excluding hydrogens is 1670 g/mol. The summed E-state index contributed by atoms with van der Waals surface area (Å²) in [7, 11) is 0. The van der Waals surface area contributed by atoms with Crippen molar-refractivity contribution in [1.82, 2.24) is 24.9 Å². The number of nitrogens with zero attached hydrogens (tertiary/aromatic N) is 5. The lowest BCUT2D eigenvalue weighted by Crippen LogP contribution is -2.43. The van der Waals surface area contributed by atoms with E-state index < -0.39 is 21.7 Å². The Balaban J connectivity index is 0.585. The molecule has 624 valence electrons. The minimum atomic E-state index is -0.784. The Morgan fingerprint density at radius 1 is 0.185 bits per heavy atom. The van der Waals surface area contributed by atoms with Gasteiger partial charge in [0.2, 0.25) is 0 Å². The van der Waals surface area contributed by atoms with Gasteiger partial charge in [-0.3, -0.25) is 0 Å². The monoisotopic (exact) mass is 1750 g/mol. The fraction of sp³-hybridized carbons (Fsp3) is 0.0391. The molecule has 0 unspecified atom stereocenters. The van der Waals surface area contributed by atoms with Gasteiger partial charge in [0.25, 0.3) is 0 Å². The molecule has 30 rings (SSSR count). The van der Waals surface area contributed by atoms with Crippen LogP contribution in [0.2, 0.25) is 0 Å². The minimum absolute atomic E-state index is 0.590. The van der Waals surface area contributed by atoms with Crippen LogP contribution in [-0.4, -0.2) is 24.9 Å². The molecule has 7 heteroatoms. The van der Waals surface area contributed by atoms with E-state index in [1.807, 2.05) is 22.7 Å². The first-order chi connectivity index (χ1) is 66.8. The van der Waals surface area contributed by atoms with Crippen molar-refractivity contribution >= 4 is 84.6 Å². The molecule has 0 radical (unpaired) electrons. The molecule has 0 aliphatic heterocycles. The number of rotatable bonds is 7. The van der Waals surface area contributed by atoms with Crippen LogP contribution in [0.3, 0.4) is 0 Å². The first-order valence-electron chi connectivity index (χ1n) is 46.7. The molecule has 20 aromatic carbocycles. The van der Waals surface area contributed by atoms with Gasteiger partial charge in [0, 0.05) is 73.7 Å². The molecule has 135 heavy (non-hydrogen) atoms. The van der Waals surface area contributed by atoms with Crippen molar-refractivity contribution in [3.63, 3.8) is 0 Å². The molecule has 0 saturated carbocycles. The summed E-state index contributed by atoms with van der Waals surface area (Å²) in [6.07, 6.45) is 0. The van der Waals surface area contributed by atoms with Crippen molar-refractivity contribution in [2.45, 2.75) is 28.6 Å². The van der Waals surface area contributed by atoms with Crippen molar-refractivity contribution in [2.75, 3.05) is 0 Å². The van der Waals surface area contributed by atoms with Gasteiger partial charge in [-0.2, -0.15) is 0 Å². The lowest BCUT2D eigenvalue weighted by Gasteiger charge is -2.49. The highest BCUT2D eigenvalue weighted by molar-refractivity contribution is 7.26. The molecular formula is C128H75N5S2. The predicted octanol–water partition coefficient (Wildman–Crippen LogP) is 31.8. The maximum absolute atomic E-state index is 5.67. The average Bonchev–Trinajstić information content (AvgIpc) is 1.50. The van der Waals surface area contributed by atoms with Gasteiger partial charge >= 0.3 is 0 Å². The first-order valence-corrected chi connectivity index (χ1v) is 48.3. The molecule has 0 bridgehead atoms. The Labute approximate surface area is 787 Å². The van der Waals surface area contributed by atoms with E-state index >= 15 is 0 Å². The van der Waals surface area contributed by atoms with E-state index in [-0.39, 0.29) is 0 Å². The van der Waals surface area contributed by atoms with Gasteiger partial charge < -0.3 is 0 Å². The molecule has 0 N–H and O–H groups in total. The van der Waals surface area contributed by atoms with Crippen LogP contribution in [0.25, 0.3) is 186 Å². The summed E-state index contributed by atoms with van der Waals surface area (Å²) in [5.41, 5.74) is 39.1. The molecule has 4 spiro atoms. The fourth-order valence-electron chi connectivity index (χ4n) is 25.8. The summed E-state index contributed by atoms with van der Waals surface area (Å²) in [4.78, 5) is 28.0. The molecule has 0 amide bonds. The smallest absolute Gasteiger partial charge is 0.164 e. The Bertz CT molecular complexity index is 9220. The normalized spacial score (nSPS) is 14.3. The van der Waals surface area contributed by atoms with E-state index in [1.54, 1.807) is 0 Å². The van der Waals surface area contributed by atoms with Crippen LogP contribution in [0.4, 0.5) is 0 Å². The highest BCUT2D eigenvalue weighted by atomic mass is 32.1. The van der Waals surface area contributed by atoms with Crippen LogP contribution in [0, 0.1) is 6.92 Å². The van der Waals surface area contributed by atoms with E-state index in [0.29, 0.717) is 23.3 Å². The van der Waals surface area contributed by atoms with Crippen LogP contribution in [0.15, 0.2) is 437 Å². The summed E-state index contributed by atoms with van der Waals surface area (Å²) in [6, 6.07) is 164. The topological polar surface area (TPSA) is 64.5 Å². The summed E-state index contributed by atoms with van der Waals surface area (Å²) >= 11 is 3.84. The maximum atomic E-state index is 5.67. The van der Waals surface area contributed by atoms with Crippen molar-refractivity contribution in [2.24, 2.45) is 0 Å². The van der Waals surface area contributed by atoms with Crippen molar-refractivity contribution in [3.05, 3.63) is 531 Å². The van der Waals surface area contributed by atoms with Crippen LogP contribution < -0.4 is 0 Å². The van der Waals surface area contributed by atoms with E-state index in [9.17, 15) is 0 Å². The lowest BCUT2D eigenvalue weighted by atomic mass is 9.52. The van der Waals surface area contributed by atoms with Crippen LogP contribution >= 0.6 is 22.7 Å². The van der Waals surface area contributed by atoms with Crippen LogP contribution in [-0.2, 0) is 21.7 Å². The zero-order valence-corrected chi connectivity index (χ0v) is 74.8. The van der Waals surface area contributed by atoms with Gasteiger partial charge in [-0.15, -0.1) is 22.7 Å². The number of aryl methyl sites for hydroxylation is 1. The zero-order chi connectivity index (χ0) is 88.3. The van der Waals surface area contributed by atoms with Crippen LogP contribution in [0.5, 0.6) is 0 Å². The van der Waals surface area contributed by atoms with Crippen LogP contribution in [0.1, 0.15) is 94.6 Å². The molecule has 5 nitrogen and oxygen atoms in total.